The molecule has 0 heterocycles. The maximum atomic E-state index is 12.2. The van der Waals surface area contributed by atoms with E-state index in [0.29, 0.717) is 24.7 Å². The van der Waals surface area contributed by atoms with Gasteiger partial charge in [-0.15, -0.1) is 0 Å². The van der Waals surface area contributed by atoms with E-state index in [-0.39, 0.29) is 11.1 Å². The number of hydrogen-bond acceptors (Lipinski definition) is 4. The van der Waals surface area contributed by atoms with Gasteiger partial charge in [0, 0.05) is 0 Å². The van der Waals surface area contributed by atoms with E-state index < -0.39 is 10.5 Å². The Labute approximate surface area is 318 Å². The fourth-order valence-corrected chi connectivity index (χ4v) is 7.07. The van der Waals surface area contributed by atoms with E-state index in [4.69, 9.17) is 32.7 Å². The molecule has 0 N–H and O–H groups in total. The molecule has 0 aliphatic heterocycles. The van der Waals surface area contributed by atoms with Gasteiger partial charge in [0.25, 0.3) is 10.5 Å². The number of halogens is 2. The molecule has 0 spiro atoms. The molecule has 0 bridgehead atoms. The molecule has 1 rings (SSSR count). The van der Waals surface area contributed by atoms with Crippen LogP contribution in [0.1, 0.15) is 240 Å². The fourth-order valence-electron chi connectivity index (χ4n) is 6.77. The number of rotatable bonds is 38. The number of ether oxygens (including phenoxy) is 2. The Bertz CT molecular complexity index is 874. The smallest absolute Gasteiger partial charge is 0.256 e. The Balaban J connectivity index is 2.17. The molecule has 0 unspecified atom stereocenters. The number of carbonyl (C=O) groups is 2. The minimum absolute atomic E-state index is 0.215. The van der Waals surface area contributed by atoms with E-state index in [1.165, 1.54) is 192 Å². The molecule has 0 radical (unpaired) electrons. The largest absolute Gasteiger partial charge is 0.493 e. The quantitative estimate of drug-likeness (QED) is 0.0500. The van der Waals surface area contributed by atoms with Crippen LogP contribution >= 0.6 is 23.2 Å². The molecule has 0 saturated heterocycles. The van der Waals surface area contributed by atoms with Gasteiger partial charge in [0.15, 0.2) is 0 Å². The second kappa shape index (κ2) is 34.8. The second-order valence-electron chi connectivity index (χ2n) is 14.7. The second-order valence-corrected chi connectivity index (χ2v) is 15.4. The van der Waals surface area contributed by atoms with E-state index in [9.17, 15) is 9.59 Å². The summed E-state index contributed by atoms with van der Waals surface area (Å²) in [6, 6.07) is 3.03. The van der Waals surface area contributed by atoms with Crippen molar-refractivity contribution in [2.45, 2.75) is 219 Å². The predicted octanol–water partition coefficient (Wildman–Crippen LogP) is 15.7. The average Bonchev–Trinajstić information content (AvgIpc) is 3.10. The standard InChI is InChI=1S/C44H76Cl2O4/c1-3-5-7-9-11-13-15-17-19-21-23-25-27-29-31-33-35-49-41-37-40(44(46)48)42(38-39(41)43(45)47)50-36-34-32-30-28-26-24-22-20-18-16-14-12-10-8-6-4-2/h37-38H,3-36H2,1-2H3. The minimum Gasteiger partial charge on any atom is -0.493 e. The first-order chi connectivity index (χ1) is 24.5. The molecule has 0 amide bonds. The molecule has 6 heteroatoms. The third kappa shape index (κ3) is 26.5. The Morgan fingerprint density at radius 2 is 0.580 bits per heavy atom. The lowest BCUT2D eigenvalue weighted by atomic mass is 10.0. The molecular formula is C44H76Cl2O4. The summed E-state index contributed by atoms with van der Waals surface area (Å²) >= 11 is 11.8. The van der Waals surface area contributed by atoms with Crippen molar-refractivity contribution in [2.24, 2.45) is 0 Å². The Kier molecular flexibility index (Phi) is 32.6. The van der Waals surface area contributed by atoms with Crippen molar-refractivity contribution in [1.82, 2.24) is 0 Å². The minimum atomic E-state index is -0.632. The van der Waals surface area contributed by atoms with Crippen LogP contribution in [0, 0.1) is 0 Å². The third-order valence-corrected chi connectivity index (χ3v) is 10.4. The number of unbranched alkanes of at least 4 members (excludes halogenated alkanes) is 30. The van der Waals surface area contributed by atoms with E-state index >= 15 is 0 Å². The van der Waals surface area contributed by atoms with Crippen molar-refractivity contribution < 1.29 is 19.1 Å². The van der Waals surface area contributed by atoms with Crippen LogP contribution in [0.25, 0.3) is 0 Å². The van der Waals surface area contributed by atoms with Gasteiger partial charge in [0.2, 0.25) is 0 Å². The Hall–Kier alpha value is -1.26. The summed E-state index contributed by atoms with van der Waals surface area (Å²) < 4.78 is 11.9. The molecule has 1 aromatic rings. The normalized spacial score (nSPS) is 11.3. The highest BCUT2D eigenvalue weighted by Crippen LogP contribution is 2.32. The molecule has 0 aliphatic carbocycles. The topological polar surface area (TPSA) is 52.6 Å². The fraction of sp³-hybridized carbons (Fsp3) is 0.818. The maximum absolute atomic E-state index is 12.2. The molecule has 50 heavy (non-hydrogen) atoms. The first kappa shape index (κ1) is 46.8. The van der Waals surface area contributed by atoms with Crippen molar-refractivity contribution >= 4 is 33.7 Å². The van der Waals surface area contributed by atoms with Gasteiger partial charge >= 0.3 is 0 Å². The van der Waals surface area contributed by atoms with E-state index in [1.54, 1.807) is 0 Å². The number of carbonyl (C=O) groups excluding carboxylic acids is 2. The van der Waals surface area contributed by atoms with Crippen LogP contribution in [-0.2, 0) is 0 Å². The monoisotopic (exact) mass is 739 g/mol. The van der Waals surface area contributed by atoms with Crippen molar-refractivity contribution in [2.75, 3.05) is 13.2 Å². The van der Waals surface area contributed by atoms with Gasteiger partial charge in [-0.2, -0.15) is 0 Å². The zero-order valence-electron chi connectivity index (χ0n) is 32.6. The van der Waals surface area contributed by atoms with Crippen molar-refractivity contribution in [3.8, 4) is 11.5 Å². The molecule has 0 saturated carbocycles. The predicted molar refractivity (Wildman–Crippen MR) is 217 cm³/mol. The zero-order valence-corrected chi connectivity index (χ0v) is 34.1. The average molecular weight is 740 g/mol. The lowest BCUT2D eigenvalue weighted by Gasteiger charge is -2.15. The molecule has 1 aromatic carbocycles. The first-order valence-electron chi connectivity index (χ1n) is 21.3. The first-order valence-corrected chi connectivity index (χ1v) is 22.1. The molecule has 290 valence electrons. The highest BCUT2D eigenvalue weighted by molar-refractivity contribution is 6.69. The van der Waals surface area contributed by atoms with Crippen LogP contribution < -0.4 is 9.47 Å². The summed E-state index contributed by atoms with van der Waals surface area (Å²) in [6.07, 6.45) is 41.8. The van der Waals surface area contributed by atoms with Gasteiger partial charge in [-0.25, -0.2) is 0 Å². The molecule has 0 aliphatic rings. The Morgan fingerprint density at radius 1 is 0.380 bits per heavy atom. The van der Waals surface area contributed by atoms with E-state index in [1.807, 2.05) is 0 Å². The summed E-state index contributed by atoms with van der Waals surface area (Å²) in [5, 5.41) is -1.26. The van der Waals surface area contributed by atoms with Gasteiger partial charge in [-0.1, -0.05) is 206 Å². The lowest BCUT2D eigenvalue weighted by molar-refractivity contribution is 0.106. The summed E-state index contributed by atoms with van der Waals surface area (Å²) in [7, 11) is 0. The molecule has 0 atom stereocenters. The van der Waals surface area contributed by atoms with Gasteiger partial charge in [0.1, 0.15) is 11.5 Å². The van der Waals surface area contributed by atoms with E-state index in [2.05, 4.69) is 13.8 Å². The Morgan fingerprint density at radius 3 is 0.780 bits per heavy atom. The van der Waals surface area contributed by atoms with Crippen LogP contribution in [-0.4, -0.2) is 23.7 Å². The number of hydrogen-bond donors (Lipinski definition) is 0. The summed E-state index contributed by atoms with van der Waals surface area (Å²) in [5.74, 6) is 0.592. The van der Waals surface area contributed by atoms with Gasteiger partial charge in [-0.05, 0) is 48.2 Å². The molecule has 0 fully saturated rings. The summed E-state index contributed by atoms with van der Waals surface area (Å²) in [4.78, 5) is 24.5. The van der Waals surface area contributed by atoms with Crippen LogP contribution in [0.2, 0.25) is 0 Å². The van der Waals surface area contributed by atoms with Crippen LogP contribution in [0.15, 0.2) is 12.1 Å². The SMILES string of the molecule is CCCCCCCCCCCCCCCCCCOc1cc(C(=O)Cl)c(OCCCCCCCCCCCCCCCCCC)cc1C(=O)Cl. The van der Waals surface area contributed by atoms with Crippen LogP contribution in [0.5, 0.6) is 11.5 Å². The van der Waals surface area contributed by atoms with Gasteiger partial charge in [0.05, 0.1) is 24.3 Å². The van der Waals surface area contributed by atoms with E-state index in [0.717, 1.165) is 25.7 Å². The highest BCUT2D eigenvalue weighted by atomic mass is 35.5. The number of benzene rings is 1. The van der Waals surface area contributed by atoms with Crippen molar-refractivity contribution in [1.29, 1.82) is 0 Å². The van der Waals surface area contributed by atoms with Gasteiger partial charge < -0.3 is 9.47 Å². The van der Waals surface area contributed by atoms with Crippen molar-refractivity contribution in [3.63, 3.8) is 0 Å². The lowest BCUT2D eigenvalue weighted by Crippen LogP contribution is -2.07. The summed E-state index contributed by atoms with van der Waals surface area (Å²) in [5.41, 5.74) is 0.429. The van der Waals surface area contributed by atoms with Crippen molar-refractivity contribution in [3.05, 3.63) is 23.3 Å². The van der Waals surface area contributed by atoms with Gasteiger partial charge in [-0.3, -0.25) is 9.59 Å². The maximum Gasteiger partial charge on any atom is 0.256 e. The van der Waals surface area contributed by atoms with Crippen LogP contribution in [0.3, 0.4) is 0 Å². The molecule has 4 nitrogen and oxygen atoms in total. The highest BCUT2D eigenvalue weighted by Gasteiger charge is 2.20. The van der Waals surface area contributed by atoms with Crippen LogP contribution in [0.4, 0.5) is 0 Å². The molecular weight excluding hydrogens is 663 g/mol. The zero-order chi connectivity index (χ0) is 36.3. The third-order valence-electron chi connectivity index (χ3n) is 10.0. The summed E-state index contributed by atoms with van der Waals surface area (Å²) in [6.45, 7) is 5.48. The molecule has 0 aromatic heterocycles.